The molecule has 0 aliphatic heterocycles. The van der Waals surface area contributed by atoms with E-state index in [2.05, 4.69) is 19.7 Å². The summed E-state index contributed by atoms with van der Waals surface area (Å²) in [4.78, 5) is 11.5. The van der Waals surface area contributed by atoms with Crippen LogP contribution in [0, 0.1) is 0 Å². The molecule has 1 aromatic rings. The van der Waals surface area contributed by atoms with E-state index >= 15 is 0 Å². The zero-order valence-corrected chi connectivity index (χ0v) is 10.8. The second kappa shape index (κ2) is 7.34. The number of ether oxygens (including phenoxy) is 1. The fraction of sp³-hybridized carbons (Fsp3) is 0.188. The summed E-state index contributed by atoms with van der Waals surface area (Å²) in [6.07, 6.45) is 2.67. The summed E-state index contributed by atoms with van der Waals surface area (Å²) < 4.78 is 4.78. The smallest absolute Gasteiger partial charge is 0.339 e. The minimum absolute atomic E-state index is 0.0709. The van der Waals surface area contributed by atoms with Crippen molar-refractivity contribution >= 4 is 11.5 Å². The van der Waals surface area contributed by atoms with Crippen LogP contribution in [0.3, 0.4) is 0 Å². The van der Waals surface area contributed by atoms with E-state index in [0.717, 1.165) is 12.0 Å². The lowest BCUT2D eigenvalue weighted by Gasteiger charge is -2.13. The maximum atomic E-state index is 11.5. The molecule has 0 amide bonds. The number of aliphatic hydroxyl groups is 1. The van der Waals surface area contributed by atoms with Crippen molar-refractivity contribution in [3.63, 3.8) is 0 Å². The number of benzene rings is 1. The molecule has 3 nitrogen and oxygen atoms in total. The third kappa shape index (κ3) is 4.23. The number of rotatable bonds is 7. The Labute approximate surface area is 113 Å². The molecule has 0 fully saturated rings. The molecule has 1 N–H and O–H groups in total. The van der Waals surface area contributed by atoms with Crippen molar-refractivity contribution in [1.29, 1.82) is 0 Å². The molecule has 0 spiro atoms. The maximum absolute atomic E-state index is 11.5. The number of esters is 1. The average molecular weight is 258 g/mol. The van der Waals surface area contributed by atoms with Gasteiger partial charge in [0.2, 0.25) is 0 Å². The highest BCUT2D eigenvalue weighted by molar-refractivity contribution is 5.90. The molecule has 0 saturated carbocycles. The van der Waals surface area contributed by atoms with Gasteiger partial charge in [-0.15, -0.1) is 6.58 Å². The van der Waals surface area contributed by atoms with Gasteiger partial charge >= 0.3 is 5.97 Å². The highest BCUT2D eigenvalue weighted by atomic mass is 16.5. The fourth-order valence-corrected chi connectivity index (χ4v) is 1.54. The molecule has 3 heteroatoms. The molecular formula is C16H18O3. The summed E-state index contributed by atoms with van der Waals surface area (Å²) in [6.45, 7) is 10.9. The van der Waals surface area contributed by atoms with E-state index in [1.807, 2.05) is 30.3 Å². The third-order valence-corrected chi connectivity index (χ3v) is 2.60. The molecule has 0 radical (unpaired) electrons. The van der Waals surface area contributed by atoms with Crippen LogP contribution in [0.1, 0.15) is 11.1 Å². The lowest BCUT2D eigenvalue weighted by atomic mass is 10.00. The third-order valence-electron chi connectivity index (χ3n) is 2.60. The van der Waals surface area contributed by atoms with Gasteiger partial charge in [-0.2, -0.15) is 0 Å². The van der Waals surface area contributed by atoms with Crippen molar-refractivity contribution in [2.45, 2.75) is 12.5 Å². The van der Waals surface area contributed by atoms with Gasteiger partial charge < -0.3 is 9.84 Å². The second-order valence-corrected chi connectivity index (χ2v) is 4.04. The molecule has 0 bridgehead atoms. The Balaban J connectivity index is 2.73. The summed E-state index contributed by atoms with van der Waals surface area (Å²) in [7, 11) is 0. The molecule has 0 aromatic heterocycles. The zero-order valence-electron chi connectivity index (χ0n) is 10.8. The highest BCUT2D eigenvalue weighted by Gasteiger charge is 2.20. The van der Waals surface area contributed by atoms with E-state index in [-0.39, 0.29) is 6.61 Å². The average Bonchev–Trinajstić information content (AvgIpc) is 2.44. The fourth-order valence-electron chi connectivity index (χ4n) is 1.54. The van der Waals surface area contributed by atoms with Gasteiger partial charge in [-0.1, -0.05) is 49.6 Å². The van der Waals surface area contributed by atoms with Gasteiger partial charge in [-0.25, -0.2) is 4.79 Å². The van der Waals surface area contributed by atoms with Gasteiger partial charge in [0.1, 0.15) is 6.61 Å². The number of aliphatic hydroxyl groups excluding tert-OH is 1. The van der Waals surface area contributed by atoms with Crippen molar-refractivity contribution in [3.8, 4) is 0 Å². The van der Waals surface area contributed by atoms with Gasteiger partial charge in [0.25, 0.3) is 0 Å². The first kappa shape index (κ1) is 14.9. The molecule has 1 unspecified atom stereocenters. The topological polar surface area (TPSA) is 46.5 Å². The number of carbonyl (C=O) groups excluding carboxylic acids is 1. The summed E-state index contributed by atoms with van der Waals surface area (Å²) in [5.74, 6) is -0.722. The van der Waals surface area contributed by atoms with Crippen LogP contribution in [0.4, 0.5) is 0 Å². The Hall–Kier alpha value is -2.13. The molecule has 0 aliphatic rings. The van der Waals surface area contributed by atoms with Crippen molar-refractivity contribution in [2.75, 3.05) is 6.61 Å². The normalized spacial score (nSPS) is 11.4. The SMILES string of the molecule is C=CCOC(=O)C(O)C(=C)c1ccc(CC=C)cc1. The summed E-state index contributed by atoms with van der Waals surface area (Å²) in [5.41, 5.74) is 2.13. The Kier molecular flexibility index (Phi) is 5.76. The monoisotopic (exact) mass is 258 g/mol. The molecule has 100 valence electrons. The van der Waals surface area contributed by atoms with Crippen LogP contribution in [0.5, 0.6) is 0 Å². The highest BCUT2D eigenvalue weighted by Crippen LogP contribution is 2.18. The Morgan fingerprint density at radius 2 is 1.89 bits per heavy atom. The van der Waals surface area contributed by atoms with Crippen molar-refractivity contribution < 1.29 is 14.6 Å². The second-order valence-electron chi connectivity index (χ2n) is 4.04. The largest absolute Gasteiger partial charge is 0.459 e. The van der Waals surface area contributed by atoms with Crippen LogP contribution in [0.2, 0.25) is 0 Å². The Morgan fingerprint density at radius 3 is 2.42 bits per heavy atom. The van der Waals surface area contributed by atoms with Gasteiger partial charge in [0.15, 0.2) is 6.10 Å². The quantitative estimate of drug-likeness (QED) is 0.604. The van der Waals surface area contributed by atoms with Gasteiger partial charge in [-0.3, -0.25) is 0 Å². The van der Waals surface area contributed by atoms with Gasteiger partial charge in [0, 0.05) is 0 Å². The van der Waals surface area contributed by atoms with E-state index < -0.39 is 12.1 Å². The molecule has 1 aromatic carbocycles. The van der Waals surface area contributed by atoms with Crippen molar-refractivity contribution in [3.05, 3.63) is 67.3 Å². The van der Waals surface area contributed by atoms with Crippen LogP contribution >= 0.6 is 0 Å². The summed E-state index contributed by atoms with van der Waals surface area (Å²) in [6, 6.07) is 7.43. The van der Waals surface area contributed by atoms with Crippen molar-refractivity contribution in [2.24, 2.45) is 0 Å². The molecule has 1 atom stereocenters. The molecule has 0 saturated heterocycles. The maximum Gasteiger partial charge on any atom is 0.339 e. The predicted molar refractivity (Wildman–Crippen MR) is 76.5 cm³/mol. The number of hydrogen-bond donors (Lipinski definition) is 1. The Morgan fingerprint density at radius 1 is 1.26 bits per heavy atom. The van der Waals surface area contributed by atoms with Crippen molar-refractivity contribution in [1.82, 2.24) is 0 Å². The van der Waals surface area contributed by atoms with Crippen LogP contribution in [0.15, 0.2) is 56.2 Å². The first-order valence-corrected chi connectivity index (χ1v) is 5.94. The van der Waals surface area contributed by atoms with Crippen LogP contribution < -0.4 is 0 Å². The van der Waals surface area contributed by atoms with E-state index in [0.29, 0.717) is 11.1 Å². The van der Waals surface area contributed by atoms with Crippen LogP contribution in [-0.2, 0) is 16.0 Å². The Bertz CT molecular complexity index is 471. The van der Waals surface area contributed by atoms with Gasteiger partial charge in [0.05, 0.1) is 0 Å². The van der Waals surface area contributed by atoms with Crippen LogP contribution in [0.25, 0.3) is 5.57 Å². The molecular weight excluding hydrogens is 240 g/mol. The minimum Gasteiger partial charge on any atom is -0.459 e. The summed E-state index contributed by atoms with van der Waals surface area (Å²) >= 11 is 0. The van der Waals surface area contributed by atoms with E-state index in [4.69, 9.17) is 4.74 Å². The van der Waals surface area contributed by atoms with E-state index in [1.54, 1.807) is 0 Å². The molecule has 0 heterocycles. The molecule has 19 heavy (non-hydrogen) atoms. The van der Waals surface area contributed by atoms with Crippen LogP contribution in [-0.4, -0.2) is 23.8 Å². The van der Waals surface area contributed by atoms with Gasteiger partial charge in [-0.05, 0) is 23.1 Å². The lowest BCUT2D eigenvalue weighted by molar-refractivity contribution is -0.149. The lowest BCUT2D eigenvalue weighted by Crippen LogP contribution is -2.24. The number of carbonyl (C=O) groups is 1. The van der Waals surface area contributed by atoms with E-state index in [9.17, 15) is 9.90 Å². The molecule has 0 aliphatic carbocycles. The standard InChI is InChI=1S/C16H18O3/c1-4-6-13-7-9-14(10-8-13)12(3)15(17)16(18)19-11-5-2/h4-5,7-10,15,17H,1-3,6,11H2. The number of allylic oxidation sites excluding steroid dienone is 1. The zero-order chi connectivity index (χ0) is 14.3. The minimum atomic E-state index is -1.36. The van der Waals surface area contributed by atoms with E-state index in [1.165, 1.54) is 6.08 Å². The predicted octanol–water partition coefficient (Wildman–Crippen LogP) is 2.52. The first-order chi connectivity index (χ1) is 9.10. The first-order valence-electron chi connectivity index (χ1n) is 5.94. The molecule has 1 rings (SSSR count). The number of hydrogen-bond acceptors (Lipinski definition) is 3. The summed E-state index contributed by atoms with van der Waals surface area (Å²) in [5, 5.41) is 9.81.